The summed E-state index contributed by atoms with van der Waals surface area (Å²) in [4.78, 5) is 7.03. The molecule has 4 heteroatoms. The molecule has 19 heavy (non-hydrogen) atoms. The zero-order chi connectivity index (χ0) is 13.9. The lowest BCUT2D eigenvalue weighted by molar-refractivity contribution is 0.0882. The van der Waals surface area contributed by atoms with Crippen LogP contribution in [-0.4, -0.2) is 36.1 Å². The average Bonchev–Trinajstić information content (AvgIpc) is 2.84. The minimum atomic E-state index is 0.301. The van der Waals surface area contributed by atoms with Crippen LogP contribution in [0, 0.1) is 5.92 Å². The van der Waals surface area contributed by atoms with E-state index in [1.807, 2.05) is 0 Å². The van der Waals surface area contributed by atoms with Gasteiger partial charge >= 0.3 is 0 Å². The van der Waals surface area contributed by atoms with Crippen LogP contribution in [0.2, 0.25) is 0 Å². The molecule has 0 spiro atoms. The van der Waals surface area contributed by atoms with Crippen molar-refractivity contribution in [3.8, 4) is 0 Å². The zero-order valence-electron chi connectivity index (χ0n) is 12.7. The van der Waals surface area contributed by atoms with E-state index in [0.717, 1.165) is 24.0 Å². The Hall–Kier alpha value is -0.610. The van der Waals surface area contributed by atoms with Crippen molar-refractivity contribution in [3.05, 3.63) is 11.1 Å². The van der Waals surface area contributed by atoms with Crippen molar-refractivity contribution in [2.24, 2.45) is 5.92 Å². The van der Waals surface area contributed by atoms with Crippen LogP contribution in [0.1, 0.15) is 45.2 Å². The van der Waals surface area contributed by atoms with Crippen LogP contribution >= 0.6 is 11.3 Å². The maximum absolute atomic E-state index is 4.61. The molecule has 3 nitrogen and oxygen atoms in total. The Kier molecular flexibility index (Phi) is 4.85. The third-order valence-electron chi connectivity index (χ3n) is 4.50. The Morgan fingerprint density at radius 2 is 2.32 bits per heavy atom. The average molecular weight is 281 g/mol. The topological polar surface area (TPSA) is 28.2 Å². The fraction of sp³-hybridized carbons (Fsp3) is 0.800. The van der Waals surface area contributed by atoms with Crippen molar-refractivity contribution < 1.29 is 0 Å². The van der Waals surface area contributed by atoms with Gasteiger partial charge in [-0.15, -0.1) is 11.3 Å². The lowest BCUT2D eigenvalue weighted by atomic mass is 9.75. The number of hydrogen-bond acceptors (Lipinski definition) is 4. The maximum atomic E-state index is 4.61. The van der Waals surface area contributed by atoms with Crippen molar-refractivity contribution >= 4 is 16.5 Å². The van der Waals surface area contributed by atoms with Gasteiger partial charge in [0.1, 0.15) is 0 Å². The SMILES string of the molecule is CCc1csc(NCC2(N(C)C)CCCC(C)C2)n1. The molecule has 1 fully saturated rings. The first-order valence-corrected chi connectivity index (χ1v) is 8.29. The lowest BCUT2D eigenvalue weighted by Crippen LogP contribution is -2.52. The van der Waals surface area contributed by atoms with Gasteiger partial charge in [0, 0.05) is 17.5 Å². The number of aromatic nitrogens is 1. The molecular weight excluding hydrogens is 254 g/mol. The largest absolute Gasteiger partial charge is 0.360 e. The van der Waals surface area contributed by atoms with E-state index >= 15 is 0 Å². The number of hydrogen-bond donors (Lipinski definition) is 1. The fourth-order valence-electron chi connectivity index (χ4n) is 3.15. The molecule has 0 bridgehead atoms. The minimum absolute atomic E-state index is 0.301. The molecular formula is C15H27N3S. The van der Waals surface area contributed by atoms with Crippen LogP contribution in [0.25, 0.3) is 0 Å². The highest BCUT2D eigenvalue weighted by atomic mass is 32.1. The Morgan fingerprint density at radius 1 is 1.53 bits per heavy atom. The molecule has 1 saturated carbocycles. The van der Waals surface area contributed by atoms with E-state index < -0.39 is 0 Å². The van der Waals surface area contributed by atoms with Crippen molar-refractivity contribution in [1.29, 1.82) is 0 Å². The molecule has 0 aromatic carbocycles. The fourth-order valence-corrected chi connectivity index (χ4v) is 3.94. The number of aryl methyl sites for hydroxylation is 1. The quantitative estimate of drug-likeness (QED) is 0.893. The van der Waals surface area contributed by atoms with Crippen LogP contribution < -0.4 is 5.32 Å². The number of thiazole rings is 1. The van der Waals surface area contributed by atoms with Crippen LogP contribution in [0.3, 0.4) is 0 Å². The zero-order valence-corrected chi connectivity index (χ0v) is 13.5. The minimum Gasteiger partial charge on any atom is -0.360 e. The summed E-state index contributed by atoms with van der Waals surface area (Å²) in [5.41, 5.74) is 1.50. The Bertz CT molecular complexity index is 402. The van der Waals surface area contributed by atoms with Crippen molar-refractivity contribution in [3.63, 3.8) is 0 Å². The van der Waals surface area contributed by atoms with E-state index in [0.29, 0.717) is 5.54 Å². The third kappa shape index (κ3) is 3.48. The van der Waals surface area contributed by atoms with E-state index in [-0.39, 0.29) is 0 Å². The van der Waals surface area contributed by atoms with E-state index in [4.69, 9.17) is 0 Å². The standard InChI is InChI=1S/C15H27N3S/c1-5-13-10-19-14(17-13)16-11-15(18(3)4)8-6-7-12(2)9-15/h10,12H,5-9,11H2,1-4H3,(H,16,17). The van der Waals surface area contributed by atoms with Crippen LogP contribution in [0.5, 0.6) is 0 Å². The number of rotatable bonds is 5. The van der Waals surface area contributed by atoms with E-state index in [1.165, 1.54) is 31.4 Å². The first-order valence-electron chi connectivity index (χ1n) is 7.41. The van der Waals surface area contributed by atoms with Gasteiger partial charge in [-0.1, -0.05) is 26.7 Å². The van der Waals surface area contributed by atoms with Gasteiger partial charge in [-0.3, -0.25) is 0 Å². The molecule has 1 aromatic heterocycles. The molecule has 108 valence electrons. The Labute approximate surface area is 121 Å². The van der Waals surface area contributed by atoms with E-state index in [9.17, 15) is 0 Å². The van der Waals surface area contributed by atoms with Crippen molar-refractivity contribution in [2.75, 3.05) is 26.0 Å². The highest BCUT2D eigenvalue weighted by Gasteiger charge is 2.36. The summed E-state index contributed by atoms with van der Waals surface area (Å²) in [5.74, 6) is 0.834. The van der Waals surface area contributed by atoms with Crippen LogP contribution in [0.15, 0.2) is 5.38 Å². The summed E-state index contributed by atoms with van der Waals surface area (Å²) < 4.78 is 0. The molecule has 2 atom stereocenters. The first kappa shape index (κ1) is 14.8. The molecule has 1 N–H and O–H groups in total. The summed E-state index contributed by atoms with van der Waals surface area (Å²) in [6, 6.07) is 0. The Morgan fingerprint density at radius 3 is 2.89 bits per heavy atom. The first-order chi connectivity index (χ1) is 9.05. The summed E-state index contributed by atoms with van der Waals surface area (Å²) in [6.45, 7) is 5.56. The van der Waals surface area contributed by atoms with Crippen LogP contribution in [-0.2, 0) is 6.42 Å². The number of likely N-dealkylation sites (N-methyl/N-ethyl adjacent to an activating group) is 1. The molecule has 1 aliphatic rings. The molecule has 0 amide bonds. The maximum Gasteiger partial charge on any atom is 0.182 e. The van der Waals surface area contributed by atoms with Gasteiger partial charge in [-0.05, 0) is 39.3 Å². The van der Waals surface area contributed by atoms with Gasteiger partial charge in [0.25, 0.3) is 0 Å². The summed E-state index contributed by atoms with van der Waals surface area (Å²) >= 11 is 1.73. The van der Waals surface area contributed by atoms with Crippen molar-refractivity contribution in [1.82, 2.24) is 9.88 Å². The normalized spacial score (nSPS) is 27.7. The molecule has 0 radical (unpaired) electrons. The van der Waals surface area contributed by atoms with E-state index in [1.54, 1.807) is 11.3 Å². The lowest BCUT2D eigenvalue weighted by Gasteiger charge is -2.45. The molecule has 2 unspecified atom stereocenters. The predicted octanol–water partition coefficient (Wildman–Crippen LogP) is 3.63. The summed E-state index contributed by atoms with van der Waals surface area (Å²) in [5, 5.41) is 6.82. The van der Waals surface area contributed by atoms with Gasteiger partial charge < -0.3 is 10.2 Å². The number of nitrogens with zero attached hydrogens (tertiary/aromatic N) is 2. The Balaban J connectivity index is 2.00. The highest BCUT2D eigenvalue weighted by Crippen LogP contribution is 2.36. The molecule has 1 aliphatic carbocycles. The van der Waals surface area contributed by atoms with Gasteiger partial charge in [-0.25, -0.2) is 4.98 Å². The molecule has 1 aromatic rings. The van der Waals surface area contributed by atoms with Gasteiger partial charge in [0.2, 0.25) is 0 Å². The van der Waals surface area contributed by atoms with Gasteiger partial charge in [0.05, 0.1) is 5.69 Å². The summed E-state index contributed by atoms with van der Waals surface area (Å²) in [6.07, 6.45) is 6.34. The van der Waals surface area contributed by atoms with Gasteiger partial charge in [-0.2, -0.15) is 0 Å². The number of anilines is 1. The van der Waals surface area contributed by atoms with Gasteiger partial charge in [0.15, 0.2) is 5.13 Å². The third-order valence-corrected chi connectivity index (χ3v) is 5.35. The second-order valence-corrected chi connectivity index (χ2v) is 7.03. The molecule has 1 heterocycles. The second-order valence-electron chi connectivity index (χ2n) is 6.17. The summed E-state index contributed by atoms with van der Waals surface area (Å²) in [7, 11) is 4.44. The monoisotopic (exact) mass is 281 g/mol. The second kappa shape index (κ2) is 6.23. The highest BCUT2D eigenvalue weighted by molar-refractivity contribution is 7.13. The molecule has 2 rings (SSSR count). The predicted molar refractivity (Wildman–Crippen MR) is 84.0 cm³/mol. The van der Waals surface area contributed by atoms with Crippen molar-refractivity contribution in [2.45, 2.75) is 51.5 Å². The smallest absolute Gasteiger partial charge is 0.182 e. The number of nitrogens with one attached hydrogen (secondary N) is 1. The van der Waals surface area contributed by atoms with E-state index in [2.05, 4.69) is 48.5 Å². The molecule has 0 aliphatic heterocycles. The van der Waals surface area contributed by atoms with Crippen LogP contribution in [0.4, 0.5) is 5.13 Å². The molecule has 0 saturated heterocycles.